The second-order valence-electron chi connectivity index (χ2n) is 5.61. The van der Waals surface area contributed by atoms with Crippen molar-refractivity contribution >= 4 is 32.8 Å². The molecule has 0 aliphatic rings. The van der Waals surface area contributed by atoms with E-state index in [2.05, 4.69) is 34.7 Å². The van der Waals surface area contributed by atoms with Gasteiger partial charge in [-0.3, -0.25) is 0 Å². The van der Waals surface area contributed by atoms with Crippen molar-refractivity contribution < 1.29 is 8.42 Å². The van der Waals surface area contributed by atoms with Gasteiger partial charge < -0.3 is 4.57 Å². The maximum Gasteiger partial charge on any atom is 0.238 e. The lowest BCUT2D eigenvalue weighted by molar-refractivity contribution is 0.598. The molecule has 3 aromatic rings. The Kier molecular flexibility index (Phi) is 4.67. The van der Waals surface area contributed by atoms with E-state index in [0.29, 0.717) is 5.52 Å². The molecule has 126 valence electrons. The molecule has 3 rings (SSSR count). The Balaban J connectivity index is 1.95. The van der Waals surface area contributed by atoms with E-state index in [1.54, 1.807) is 17.8 Å². The van der Waals surface area contributed by atoms with E-state index in [1.165, 1.54) is 23.3 Å². The summed E-state index contributed by atoms with van der Waals surface area (Å²) in [5, 5.41) is 6.08. The third kappa shape index (κ3) is 3.48. The second kappa shape index (κ2) is 6.58. The van der Waals surface area contributed by atoms with Crippen molar-refractivity contribution in [1.29, 1.82) is 0 Å². The van der Waals surface area contributed by atoms with Crippen molar-refractivity contribution in [3.8, 4) is 0 Å². The minimum absolute atomic E-state index is 0.0889. The van der Waals surface area contributed by atoms with Gasteiger partial charge in [-0.2, -0.15) is 0 Å². The van der Waals surface area contributed by atoms with Crippen molar-refractivity contribution in [2.45, 2.75) is 36.2 Å². The van der Waals surface area contributed by atoms with Gasteiger partial charge in [0.2, 0.25) is 10.0 Å². The lowest BCUT2D eigenvalue weighted by Crippen LogP contribution is -2.11. The molecule has 24 heavy (non-hydrogen) atoms. The molecule has 0 aliphatic heterocycles. The predicted octanol–water partition coefficient (Wildman–Crippen LogP) is 3.30. The topological polar surface area (TPSA) is 78.0 Å². The molecule has 0 saturated carbocycles. The van der Waals surface area contributed by atoms with E-state index in [-0.39, 0.29) is 4.90 Å². The van der Waals surface area contributed by atoms with E-state index in [1.807, 2.05) is 13.0 Å². The zero-order chi connectivity index (χ0) is 17.3. The van der Waals surface area contributed by atoms with Gasteiger partial charge >= 0.3 is 0 Å². The van der Waals surface area contributed by atoms with Crippen LogP contribution >= 0.6 is 11.8 Å². The lowest BCUT2D eigenvalue weighted by atomic mass is 10.2. The van der Waals surface area contributed by atoms with Crippen LogP contribution in [0.15, 0.2) is 52.5 Å². The zero-order valence-electron chi connectivity index (χ0n) is 13.6. The Bertz CT molecular complexity index is 994. The Labute approximate surface area is 145 Å². The highest BCUT2D eigenvalue weighted by molar-refractivity contribution is 7.98. The molecule has 0 unspecified atom stereocenters. The molecule has 5 nitrogen and oxygen atoms in total. The minimum atomic E-state index is -3.72. The average Bonchev–Trinajstić information content (AvgIpc) is 2.88. The fourth-order valence-corrected chi connectivity index (χ4v) is 4.19. The van der Waals surface area contributed by atoms with Crippen LogP contribution < -0.4 is 5.14 Å². The molecular formula is C17H19N3O2S2. The van der Waals surface area contributed by atoms with E-state index < -0.39 is 10.0 Å². The summed E-state index contributed by atoms with van der Waals surface area (Å²) < 4.78 is 25.1. The quantitative estimate of drug-likeness (QED) is 0.707. The first-order valence-electron chi connectivity index (χ1n) is 7.60. The first kappa shape index (κ1) is 17.0. The Morgan fingerprint density at radius 1 is 1.21 bits per heavy atom. The fourth-order valence-electron chi connectivity index (χ4n) is 2.63. The largest absolute Gasteiger partial charge is 0.319 e. The normalized spacial score (nSPS) is 12.0. The minimum Gasteiger partial charge on any atom is -0.319 e. The van der Waals surface area contributed by atoms with Crippen LogP contribution in [-0.4, -0.2) is 18.0 Å². The first-order chi connectivity index (χ1) is 11.4. The van der Waals surface area contributed by atoms with Gasteiger partial charge in [-0.25, -0.2) is 18.5 Å². The molecule has 0 amide bonds. The van der Waals surface area contributed by atoms with Crippen LogP contribution in [0.25, 0.3) is 11.0 Å². The molecule has 0 saturated heterocycles. The molecule has 0 fully saturated rings. The maximum atomic E-state index is 11.5. The number of aryl methyl sites for hydroxylation is 2. The monoisotopic (exact) mass is 361 g/mol. The number of rotatable bonds is 5. The van der Waals surface area contributed by atoms with Gasteiger partial charge in [0.1, 0.15) is 0 Å². The summed E-state index contributed by atoms with van der Waals surface area (Å²) in [5.41, 5.74) is 4.03. The van der Waals surface area contributed by atoms with Crippen molar-refractivity contribution in [1.82, 2.24) is 9.55 Å². The number of thioether (sulfide) groups is 1. The summed E-state index contributed by atoms with van der Waals surface area (Å²) in [6.07, 6.45) is 0. The van der Waals surface area contributed by atoms with Gasteiger partial charge in [-0.05, 0) is 37.6 Å². The van der Waals surface area contributed by atoms with E-state index in [4.69, 9.17) is 5.14 Å². The summed E-state index contributed by atoms with van der Waals surface area (Å²) in [6.45, 7) is 4.89. The van der Waals surface area contributed by atoms with Crippen molar-refractivity contribution in [2.24, 2.45) is 5.14 Å². The fraction of sp³-hybridized carbons (Fsp3) is 0.235. The SMILES string of the molecule is CCn1c(SCc2cccc(C)c2)nc2cc(S(N)(=O)=O)ccc21. The maximum absolute atomic E-state index is 11.5. The van der Waals surface area contributed by atoms with Crippen LogP contribution in [-0.2, 0) is 22.3 Å². The van der Waals surface area contributed by atoms with Crippen LogP contribution in [0.3, 0.4) is 0 Å². The Morgan fingerprint density at radius 2 is 2.00 bits per heavy atom. The highest BCUT2D eigenvalue weighted by Gasteiger charge is 2.14. The number of benzene rings is 2. The molecule has 0 atom stereocenters. The molecule has 0 radical (unpaired) electrons. The number of nitrogens with zero attached hydrogens (tertiary/aromatic N) is 2. The summed E-state index contributed by atoms with van der Waals surface area (Å²) in [5.74, 6) is 0.813. The summed E-state index contributed by atoms with van der Waals surface area (Å²) in [4.78, 5) is 4.69. The highest BCUT2D eigenvalue weighted by atomic mass is 32.2. The van der Waals surface area contributed by atoms with Gasteiger partial charge in [0, 0.05) is 12.3 Å². The Morgan fingerprint density at radius 3 is 2.67 bits per heavy atom. The van der Waals surface area contributed by atoms with Crippen LogP contribution in [0.1, 0.15) is 18.1 Å². The third-order valence-corrected chi connectivity index (χ3v) is 5.74. The van der Waals surface area contributed by atoms with E-state index >= 15 is 0 Å². The summed E-state index contributed by atoms with van der Waals surface area (Å²) >= 11 is 1.64. The lowest BCUT2D eigenvalue weighted by Gasteiger charge is -2.06. The second-order valence-corrected chi connectivity index (χ2v) is 8.12. The zero-order valence-corrected chi connectivity index (χ0v) is 15.2. The average molecular weight is 361 g/mol. The summed E-state index contributed by atoms with van der Waals surface area (Å²) in [6, 6.07) is 13.2. The number of fused-ring (bicyclic) bond motifs is 1. The van der Waals surface area contributed by atoms with Crippen molar-refractivity contribution in [2.75, 3.05) is 0 Å². The number of imidazole rings is 1. The number of primary sulfonamides is 1. The highest BCUT2D eigenvalue weighted by Crippen LogP contribution is 2.28. The van der Waals surface area contributed by atoms with E-state index in [0.717, 1.165) is 23.0 Å². The van der Waals surface area contributed by atoms with Crippen LogP contribution in [0.5, 0.6) is 0 Å². The molecule has 1 heterocycles. The molecule has 0 bridgehead atoms. The predicted molar refractivity (Wildman–Crippen MR) is 97.5 cm³/mol. The summed E-state index contributed by atoms with van der Waals surface area (Å²) in [7, 11) is -3.72. The molecule has 0 spiro atoms. The molecule has 2 N–H and O–H groups in total. The third-order valence-electron chi connectivity index (χ3n) is 3.78. The van der Waals surface area contributed by atoms with Gasteiger partial charge in [-0.1, -0.05) is 41.6 Å². The number of hydrogen-bond donors (Lipinski definition) is 1. The molecule has 7 heteroatoms. The number of sulfonamides is 1. The van der Waals surface area contributed by atoms with Crippen molar-refractivity contribution in [3.05, 3.63) is 53.6 Å². The first-order valence-corrected chi connectivity index (χ1v) is 10.1. The van der Waals surface area contributed by atoms with Crippen LogP contribution in [0, 0.1) is 6.92 Å². The smallest absolute Gasteiger partial charge is 0.238 e. The molecular weight excluding hydrogens is 342 g/mol. The van der Waals surface area contributed by atoms with Gasteiger partial charge in [0.25, 0.3) is 0 Å². The number of nitrogens with two attached hydrogens (primary N) is 1. The van der Waals surface area contributed by atoms with Crippen LogP contribution in [0.2, 0.25) is 0 Å². The molecule has 2 aromatic carbocycles. The van der Waals surface area contributed by atoms with Crippen molar-refractivity contribution in [3.63, 3.8) is 0 Å². The van der Waals surface area contributed by atoms with Gasteiger partial charge in [0.05, 0.1) is 15.9 Å². The van der Waals surface area contributed by atoms with E-state index in [9.17, 15) is 8.42 Å². The number of hydrogen-bond acceptors (Lipinski definition) is 4. The molecule has 1 aromatic heterocycles. The standard InChI is InChI=1S/C17H19N3O2S2/c1-3-20-16-8-7-14(24(18,21)22)10-15(16)19-17(20)23-11-13-6-4-5-12(2)9-13/h4-10H,3,11H2,1-2H3,(H2,18,21,22). The Hall–Kier alpha value is -1.83. The van der Waals surface area contributed by atoms with Crippen LogP contribution in [0.4, 0.5) is 0 Å². The molecule has 0 aliphatic carbocycles. The van der Waals surface area contributed by atoms with Gasteiger partial charge in [0.15, 0.2) is 5.16 Å². The number of aromatic nitrogens is 2. The van der Waals surface area contributed by atoms with Gasteiger partial charge in [-0.15, -0.1) is 0 Å².